The van der Waals surface area contributed by atoms with Gasteiger partial charge in [-0.1, -0.05) is 6.07 Å². The second kappa shape index (κ2) is 8.53. The first-order valence-corrected chi connectivity index (χ1v) is 7.29. The van der Waals surface area contributed by atoms with Crippen LogP contribution in [-0.4, -0.2) is 25.8 Å². The van der Waals surface area contributed by atoms with E-state index >= 15 is 0 Å². The summed E-state index contributed by atoms with van der Waals surface area (Å²) in [6.45, 7) is 2.66. The number of carbonyl (C=O) groups excluding carboxylic acids is 1. The van der Waals surface area contributed by atoms with Gasteiger partial charge in [-0.05, 0) is 30.7 Å². The van der Waals surface area contributed by atoms with Crippen LogP contribution in [0.5, 0.6) is 11.5 Å². The fourth-order valence-electron chi connectivity index (χ4n) is 1.96. The molecule has 0 fully saturated rings. The zero-order valence-corrected chi connectivity index (χ0v) is 13.2. The molecule has 1 aromatic carbocycles. The molecule has 0 saturated carbocycles. The predicted octanol–water partition coefficient (Wildman–Crippen LogP) is 1.53. The van der Waals surface area contributed by atoms with Crippen LogP contribution in [0.3, 0.4) is 0 Å². The van der Waals surface area contributed by atoms with Gasteiger partial charge >= 0.3 is 5.91 Å². The van der Waals surface area contributed by atoms with Gasteiger partial charge in [0, 0.05) is 12.1 Å². The Bertz CT molecular complexity index is 672. The molecule has 6 heteroatoms. The van der Waals surface area contributed by atoms with E-state index in [1.54, 1.807) is 24.0 Å². The van der Waals surface area contributed by atoms with Gasteiger partial charge in [-0.15, -0.1) is 0 Å². The molecule has 0 radical (unpaired) electrons. The highest BCUT2D eigenvalue weighted by Gasteiger charge is 2.07. The summed E-state index contributed by atoms with van der Waals surface area (Å²) in [7, 11) is 1.59. The summed E-state index contributed by atoms with van der Waals surface area (Å²) in [5.41, 5.74) is 3.30. The molecule has 0 atom stereocenters. The van der Waals surface area contributed by atoms with E-state index < -0.39 is 0 Å². The molecule has 0 saturated heterocycles. The van der Waals surface area contributed by atoms with Crippen molar-refractivity contribution >= 4 is 12.1 Å². The lowest BCUT2D eigenvalue weighted by Crippen LogP contribution is -2.40. The topological polar surface area (TPSA) is 63.8 Å². The van der Waals surface area contributed by atoms with Gasteiger partial charge in [-0.3, -0.25) is 4.79 Å². The number of hydrogen-bond acceptors (Lipinski definition) is 4. The molecular formula is C17H20N3O3+. The quantitative estimate of drug-likeness (QED) is 0.479. The summed E-state index contributed by atoms with van der Waals surface area (Å²) in [5.74, 6) is 1.11. The number of hydrazone groups is 1. The van der Waals surface area contributed by atoms with Crippen LogP contribution in [-0.2, 0) is 11.3 Å². The zero-order chi connectivity index (χ0) is 16.5. The normalized spacial score (nSPS) is 10.5. The molecule has 0 spiro atoms. The van der Waals surface area contributed by atoms with E-state index in [1.807, 2.05) is 49.6 Å². The molecule has 6 nitrogen and oxygen atoms in total. The highest BCUT2D eigenvalue weighted by atomic mass is 16.5. The van der Waals surface area contributed by atoms with Crippen LogP contribution >= 0.6 is 0 Å². The molecule has 0 aliphatic carbocycles. The van der Waals surface area contributed by atoms with Gasteiger partial charge in [0.05, 0.1) is 19.9 Å². The third kappa shape index (κ3) is 5.10. The van der Waals surface area contributed by atoms with Gasteiger partial charge in [0.15, 0.2) is 23.9 Å². The number of ether oxygens (including phenoxy) is 2. The second-order valence-electron chi connectivity index (χ2n) is 4.68. The monoisotopic (exact) mass is 314 g/mol. The van der Waals surface area contributed by atoms with Crippen molar-refractivity contribution in [1.29, 1.82) is 0 Å². The van der Waals surface area contributed by atoms with Gasteiger partial charge in [0.1, 0.15) is 0 Å². The first-order chi connectivity index (χ1) is 11.2. The number of hydrogen-bond donors (Lipinski definition) is 1. The van der Waals surface area contributed by atoms with Crippen LogP contribution in [0.25, 0.3) is 0 Å². The number of nitrogens with one attached hydrogen (secondary N) is 1. The van der Waals surface area contributed by atoms with E-state index in [0.717, 1.165) is 5.56 Å². The minimum atomic E-state index is -0.198. The maximum Gasteiger partial charge on any atom is 0.305 e. The lowest BCUT2D eigenvalue weighted by atomic mass is 10.2. The molecule has 1 amide bonds. The van der Waals surface area contributed by atoms with E-state index in [2.05, 4.69) is 10.5 Å². The summed E-state index contributed by atoms with van der Waals surface area (Å²) in [6, 6.07) is 11.1. The first kappa shape index (κ1) is 16.5. The van der Waals surface area contributed by atoms with Crippen LogP contribution in [0.15, 0.2) is 53.9 Å². The molecule has 1 N–H and O–H groups in total. The summed E-state index contributed by atoms with van der Waals surface area (Å²) in [5, 5.41) is 3.96. The molecule has 1 heterocycles. The average molecular weight is 314 g/mol. The van der Waals surface area contributed by atoms with Crippen molar-refractivity contribution in [2.45, 2.75) is 13.5 Å². The van der Waals surface area contributed by atoms with Crippen molar-refractivity contribution in [1.82, 2.24) is 5.43 Å². The van der Waals surface area contributed by atoms with Crippen molar-refractivity contribution in [3.8, 4) is 11.5 Å². The van der Waals surface area contributed by atoms with E-state index in [9.17, 15) is 4.79 Å². The van der Waals surface area contributed by atoms with Crippen LogP contribution in [0.4, 0.5) is 0 Å². The summed E-state index contributed by atoms with van der Waals surface area (Å²) in [4.78, 5) is 11.8. The molecular weight excluding hydrogens is 294 g/mol. The molecule has 2 aromatic rings. The first-order valence-electron chi connectivity index (χ1n) is 7.29. The Kier molecular flexibility index (Phi) is 6.11. The fraction of sp³-hybridized carbons (Fsp3) is 0.235. The minimum absolute atomic E-state index is 0.198. The number of benzene rings is 1. The summed E-state index contributed by atoms with van der Waals surface area (Å²) in [6.07, 6.45) is 5.21. The maximum atomic E-state index is 11.8. The number of carbonyl (C=O) groups is 1. The summed E-state index contributed by atoms with van der Waals surface area (Å²) < 4.78 is 12.5. The Hall–Kier alpha value is -2.89. The number of aromatic nitrogens is 1. The van der Waals surface area contributed by atoms with Gasteiger partial charge < -0.3 is 9.47 Å². The third-order valence-corrected chi connectivity index (χ3v) is 2.99. The number of amides is 1. The molecule has 0 unspecified atom stereocenters. The molecule has 2 rings (SSSR count). The van der Waals surface area contributed by atoms with E-state index in [1.165, 1.54) is 0 Å². The van der Waals surface area contributed by atoms with Crippen LogP contribution in [0.2, 0.25) is 0 Å². The Morgan fingerprint density at radius 1 is 1.26 bits per heavy atom. The lowest BCUT2D eigenvalue weighted by Gasteiger charge is -2.09. The second-order valence-corrected chi connectivity index (χ2v) is 4.68. The van der Waals surface area contributed by atoms with Crippen molar-refractivity contribution in [3.05, 3.63) is 54.4 Å². The van der Waals surface area contributed by atoms with Crippen molar-refractivity contribution in [2.24, 2.45) is 5.10 Å². The standard InChI is InChI=1S/C17H19N3O3/c1-3-23-16-11-14(7-8-15(16)22-2)12-18-19-17(21)13-20-9-5-4-6-10-20/h4-12H,3,13H2,1-2H3/p+1/b18-12+. The van der Waals surface area contributed by atoms with Crippen molar-refractivity contribution in [2.75, 3.05) is 13.7 Å². The third-order valence-electron chi connectivity index (χ3n) is 2.99. The Balaban J connectivity index is 1.94. The Morgan fingerprint density at radius 2 is 2.04 bits per heavy atom. The molecule has 1 aromatic heterocycles. The zero-order valence-electron chi connectivity index (χ0n) is 13.2. The number of methoxy groups -OCH3 is 1. The highest BCUT2D eigenvalue weighted by Crippen LogP contribution is 2.27. The SMILES string of the molecule is CCOc1cc(/C=N/NC(=O)C[n+]2ccccc2)ccc1OC. The maximum absolute atomic E-state index is 11.8. The molecule has 120 valence electrons. The lowest BCUT2D eigenvalue weighted by molar-refractivity contribution is -0.684. The van der Waals surface area contributed by atoms with E-state index in [-0.39, 0.29) is 12.5 Å². The molecule has 0 bridgehead atoms. The smallest absolute Gasteiger partial charge is 0.305 e. The van der Waals surface area contributed by atoms with Crippen LogP contribution in [0, 0.1) is 0 Å². The van der Waals surface area contributed by atoms with Gasteiger partial charge in [0.25, 0.3) is 0 Å². The van der Waals surface area contributed by atoms with E-state index in [4.69, 9.17) is 9.47 Å². The van der Waals surface area contributed by atoms with Crippen LogP contribution in [0.1, 0.15) is 12.5 Å². The van der Waals surface area contributed by atoms with E-state index in [0.29, 0.717) is 18.1 Å². The Morgan fingerprint density at radius 3 is 2.74 bits per heavy atom. The molecule has 0 aliphatic rings. The molecule has 0 aliphatic heterocycles. The van der Waals surface area contributed by atoms with Gasteiger partial charge in [-0.25, -0.2) is 5.43 Å². The Labute approximate surface area is 135 Å². The molecule has 23 heavy (non-hydrogen) atoms. The summed E-state index contributed by atoms with van der Waals surface area (Å²) >= 11 is 0. The average Bonchev–Trinajstić information content (AvgIpc) is 2.56. The van der Waals surface area contributed by atoms with Crippen LogP contribution < -0.4 is 19.5 Å². The number of pyridine rings is 1. The fourth-order valence-corrected chi connectivity index (χ4v) is 1.96. The van der Waals surface area contributed by atoms with Crippen molar-refractivity contribution in [3.63, 3.8) is 0 Å². The van der Waals surface area contributed by atoms with Gasteiger partial charge in [0.2, 0.25) is 6.54 Å². The number of rotatable bonds is 7. The predicted molar refractivity (Wildman–Crippen MR) is 86.5 cm³/mol. The highest BCUT2D eigenvalue weighted by molar-refractivity contribution is 5.82. The number of nitrogens with zero attached hydrogens (tertiary/aromatic N) is 2. The van der Waals surface area contributed by atoms with Gasteiger partial charge in [-0.2, -0.15) is 9.67 Å². The largest absolute Gasteiger partial charge is 0.493 e. The van der Waals surface area contributed by atoms with Crippen molar-refractivity contribution < 1.29 is 18.8 Å². The minimum Gasteiger partial charge on any atom is -0.493 e.